The van der Waals surface area contributed by atoms with Gasteiger partial charge < -0.3 is 15.2 Å². The van der Waals surface area contributed by atoms with Gasteiger partial charge >= 0.3 is 5.97 Å². The van der Waals surface area contributed by atoms with E-state index in [9.17, 15) is 14.7 Å². The van der Waals surface area contributed by atoms with E-state index in [2.05, 4.69) is 11.4 Å². The van der Waals surface area contributed by atoms with Crippen LogP contribution in [0.2, 0.25) is 0 Å². The molecular formula is C15H26N2O4. The molecule has 1 fully saturated rings. The molecule has 1 aliphatic rings. The van der Waals surface area contributed by atoms with Crippen LogP contribution in [0.1, 0.15) is 33.6 Å². The second-order valence-corrected chi connectivity index (χ2v) is 5.40. The van der Waals surface area contributed by atoms with Crippen molar-refractivity contribution in [3.05, 3.63) is 12.2 Å². The van der Waals surface area contributed by atoms with Gasteiger partial charge in [0.15, 0.2) is 0 Å². The molecule has 0 aromatic heterocycles. The number of allylic oxidation sites excluding steroid dienone is 1. The SMILES string of the molecule is CC=C[C@@H]1C[C@H](C(=O)O)N(CC(CC)OCNC(C)=O)C1. The first-order chi connectivity index (χ1) is 9.97. The number of nitrogens with one attached hydrogen (secondary N) is 1. The molecule has 6 nitrogen and oxygen atoms in total. The van der Waals surface area contributed by atoms with Crippen LogP contribution in [0.25, 0.3) is 0 Å². The van der Waals surface area contributed by atoms with E-state index in [0.717, 1.165) is 13.0 Å². The maximum atomic E-state index is 11.4. The minimum atomic E-state index is -0.779. The second-order valence-electron chi connectivity index (χ2n) is 5.40. The van der Waals surface area contributed by atoms with E-state index in [0.29, 0.717) is 13.0 Å². The average Bonchev–Trinajstić information content (AvgIpc) is 2.80. The normalized spacial score (nSPS) is 24.3. The quantitative estimate of drug-likeness (QED) is 0.520. The molecule has 6 heteroatoms. The fourth-order valence-corrected chi connectivity index (χ4v) is 2.63. The lowest BCUT2D eigenvalue weighted by molar-refractivity contribution is -0.142. The van der Waals surface area contributed by atoms with E-state index in [1.807, 2.05) is 24.8 Å². The standard InChI is InChI=1S/C15H26N2O4/c1-4-6-12-7-14(15(19)20)17(8-12)9-13(5-2)21-10-16-11(3)18/h4,6,12-14H,5,7-10H2,1-3H3,(H,16,18)(H,19,20)/t12-,13?,14-/m1/s1. The number of carbonyl (C=O) groups excluding carboxylic acids is 1. The Bertz CT molecular complexity index is 384. The van der Waals surface area contributed by atoms with Gasteiger partial charge in [0, 0.05) is 20.0 Å². The van der Waals surface area contributed by atoms with Crippen molar-refractivity contribution in [3.8, 4) is 0 Å². The highest BCUT2D eigenvalue weighted by Gasteiger charge is 2.36. The third-order valence-electron chi connectivity index (χ3n) is 3.72. The highest BCUT2D eigenvalue weighted by molar-refractivity contribution is 5.74. The maximum absolute atomic E-state index is 11.4. The monoisotopic (exact) mass is 298 g/mol. The van der Waals surface area contributed by atoms with Crippen LogP contribution in [0, 0.1) is 5.92 Å². The van der Waals surface area contributed by atoms with Crippen molar-refractivity contribution in [2.24, 2.45) is 5.92 Å². The molecule has 1 rings (SSSR count). The molecule has 0 aromatic rings. The van der Waals surface area contributed by atoms with Crippen LogP contribution in [-0.4, -0.2) is 53.8 Å². The fourth-order valence-electron chi connectivity index (χ4n) is 2.63. The van der Waals surface area contributed by atoms with Crippen molar-refractivity contribution in [1.29, 1.82) is 0 Å². The van der Waals surface area contributed by atoms with Gasteiger partial charge in [-0.05, 0) is 25.7 Å². The first kappa shape index (κ1) is 17.7. The summed E-state index contributed by atoms with van der Waals surface area (Å²) in [6.45, 7) is 6.85. The first-order valence-electron chi connectivity index (χ1n) is 7.43. The molecule has 0 aromatic carbocycles. The van der Waals surface area contributed by atoms with E-state index in [4.69, 9.17) is 4.74 Å². The second kappa shape index (κ2) is 8.79. The van der Waals surface area contributed by atoms with Crippen molar-refractivity contribution in [2.75, 3.05) is 19.8 Å². The van der Waals surface area contributed by atoms with E-state index in [1.54, 1.807) is 0 Å². The van der Waals surface area contributed by atoms with Crippen LogP contribution in [0.15, 0.2) is 12.2 Å². The molecule has 3 atom stereocenters. The Morgan fingerprint density at radius 1 is 1.52 bits per heavy atom. The number of carboxylic acids is 1. The summed E-state index contributed by atoms with van der Waals surface area (Å²) in [4.78, 5) is 24.2. The summed E-state index contributed by atoms with van der Waals surface area (Å²) in [7, 11) is 0. The van der Waals surface area contributed by atoms with Gasteiger partial charge in [-0.25, -0.2) is 0 Å². The van der Waals surface area contributed by atoms with Crippen molar-refractivity contribution in [1.82, 2.24) is 10.2 Å². The summed E-state index contributed by atoms with van der Waals surface area (Å²) in [5.41, 5.74) is 0. The Labute approximate surface area is 126 Å². The number of hydrogen-bond donors (Lipinski definition) is 2. The van der Waals surface area contributed by atoms with Crippen LogP contribution >= 0.6 is 0 Å². The third kappa shape index (κ3) is 5.85. The first-order valence-corrected chi connectivity index (χ1v) is 7.43. The zero-order valence-corrected chi connectivity index (χ0v) is 13.0. The average molecular weight is 298 g/mol. The largest absolute Gasteiger partial charge is 0.480 e. The Morgan fingerprint density at radius 3 is 2.76 bits per heavy atom. The van der Waals surface area contributed by atoms with E-state index >= 15 is 0 Å². The number of aliphatic carboxylic acids is 1. The third-order valence-corrected chi connectivity index (χ3v) is 3.72. The molecule has 120 valence electrons. The van der Waals surface area contributed by atoms with E-state index in [1.165, 1.54) is 6.92 Å². The zero-order chi connectivity index (χ0) is 15.8. The van der Waals surface area contributed by atoms with Crippen LogP contribution < -0.4 is 5.32 Å². The number of carboxylic acid groups (broad SMARTS) is 1. The fraction of sp³-hybridized carbons (Fsp3) is 0.733. The molecule has 1 aliphatic heterocycles. The van der Waals surface area contributed by atoms with Crippen LogP contribution in [0.5, 0.6) is 0 Å². The van der Waals surface area contributed by atoms with Crippen LogP contribution in [-0.2, 0) is 14.3 Å². The Kier molecular flexibility index (Phi) is 7.39. The number of carbonyl (C=O) groups is 2. The van der Waals surface area contributed by atoms with Gasteiger partial charge in [0.05, 0.1) is 6.10 Å². The summed E-state index contributed by atoms with van der Waals surface area (Å²) in [5.74, 6) is -0.634. The van der Waals surface area contributed by atoms with E-state index in [-0.39, 0.29) is 24.7 Å². The van der Waals surface area contributed by atoms with Gasteiger partial charge in [0.1, 0.15) is 12.8 Å². The zero-order valence-electron chi connectivity index (χ0n) is 13.0. The molecule has 21 heavy (non-hydrogen) atoms. The maximum Gasteiger partial charge on any atom is 0.320 e. The summed E-state index contributed by atoms with van der Waals surface area (Å²) in [5, 5.41) is 11.9. The molecular weight excluding hydrogens is 272 g/mol. The van der Waals surface area contributed by atoms with Crippen molar-refractivity contribution >= 4 is 11.9 Å². The number of hydrogen-bond acceptors (Lipinski definition) is 4. The van der Waals surface area contributed by atoms with Crippen molar-refractivity contribution in [3.63, 3.8) is 0 Å². The lowest BCUT2D eigenvalue weighted by Crippen LogP contribution is -2.42. The molecule has 0 bridgehead atoms. The van der Waals surface area contributed by atoms with Gasteiger partial charge in [-0.1, -0.05) is 19.1 Å². The van der Waals surface area contributed by atoms with E-state index < -0.39 is 12.0 Å². The van der Waals surface area contributed by atoms with Gasteiger partial charge in [0.25, 0.3) is 0 Å². The summed E-state index contributed by atoms with van der Waals surface area (Å²) < 4.78 is 5.60. The Balaban J connectivity index is 2.55. The topological polar surface area (TPSA) is 78.9 Å². The van der Waals surface area contributed by atoms with Gasteiger partial charge in [-0.2, -0.15) is 0 Å². The molecule has 0 radical (unpaired) electrons. The summed E-state index contributed by atoms with van der Waals surface area (Å²) >= 11 is 0. The summed E-state index contributed by atoms with van der Waals surface area (Å²) in [6, 6.07) is -0.454. The number of likely N-dealkylation sites (tertiary alicyclic amines) is 1. The van der Waals surface area contributed by atoms with Gasteiger partial charge in [0.2, 0.25) is 5.91 Å². The molecule has 1 heterocycles. The van der Waals surface area contributed by atoms with Gasteiger partial charge in [-0.3, -0.25) is 14.5 Å². The molecule has 0 aliphatic carbocycles. The smallest absolute Gasteiger partial charge is 0.320 e. The number of ether oxygens (including phenoxy) is 1. The molecule has 1 saturated heterocycles. The molecule has 0 saturated carbocycles. The number of rotatable bonds is 8. The van der Waals surface area contributed by atoms with Gasteiger partial charge in [-0.15, -0.1) is 0 Å². The lowest BCUT2D eigenvalue weighted by atomic mass is 10.1. The number of amides is 1. The van der Waals surface area contributed by atoms with Crippen molar-refractivity contribution < 1.29 is 19.4 Å². The predicted octanol–water partition coefficient (Wildman–Crippen LogP) is 1.23. The highest BCUT2D eigenvalue weighted by Crippen LogP contribution is 2.25. The minimum Gasteiger partial charge on any atom is -0.480 e. The molecule has 0 spiro atoms. The Morgan fingerprint density at radius 2 is 2.24 bits per heavy atom. The molecule has 1 amide bonds. The number of nitrogens with zero attached hydrogens (tertiary/aromatic N) is 1. The lowest BCUT2D eigenvalue weighted by Gasteiger charge is -2.26. The molecule has 2 N–H and O–H groups in total. The predicted molar refractivity (Wildman–Crippen MR) is 79.8 cm³/mol. The van der Waals surface area contributed by atoms with Crippen molar-refractivity contribution in [2.45, 2.75) is 45.8 Å². The van der Waals surface area contributed by atoms with Crippen LogP contribution in [0.3, 0.4) is 0 Å². The Hall–Kier alpha value is -1.40. The summed E-state index contributed by atoms with van der Waals surface area (Å²) in [6.07, 6.45) is 5.37. The minimum absolute atomic E-state index is 0.0805. The molecule has 1 unspecified atom stereocenters. The highest BCUT2D eigenvalue weighted by atomic mass is 16.5. The van der Waals surface area contributed by atoms with Crippen LogP contribution in [0.4, 0.5) is 0 Å².